The number of carboxylic acid groups (broad SMARTS) is 1. The van der Waals surface area contributed by atoms with E-state index in [4.69, 9.17) is 0 Å². The molecule has 2 N–H and O–H groups in total. The number of amides is 1. The molecule has 1 aliphatic carbocycles. The number of benzene rings is 1. The summed E-state index contributed by atoms with van der Waals surface area (Å²) >= 11 is 0. The normalized spacial score (nSPS) is 21.5. The summed E-state index contributed by atoms with van der Waals surface area (Å²) in [5, 5.41) is 12.1. The van der Waals surface area contributed by atoms with E-state index in [2.05, 4.69) is 5.32 Å². The van der Waals surface area contributed by atoms with Gasteiger partial charge in [0.05, 0.1) is 11.8 Å². The average Bonchev–Trinajstić information content (AvgIpc) is 2.42. The maximum Gasteiger partial charge on any atom is 0.307 e. The molecule has 0 aromatic heterocycles. The minimum Gasteiger partial charge on any atom is -0.481 e. The smallest absolute Gasteiger partial charge is 0.307 e. The third-order valence-electron chi connectivity index (χ3n) is 3.74. The van der Waals surface area contributed by atoms with Crippen LogP contribution in [0.2, 0.25) is 0 Å². The van der Waals surface area contributed by atoms with Crippen molar-refractivity contribution >= 4 is 17.6 Å². The Labute approximate surface area is 118 Å². The highest BCUT2D eigenvalue weighted by Crippen LogP contribution is 2.28. The van der Waals surface area contributed by atoms with Gasteiger partial charge in [-0.25, -0.2) is 0 Å². The van der Waals surface area contributed by atoms with Crippen LogP contribution in [0.5, 0.6) is 0 Å². The summed E-state index contributed by atoms with van der Waals surface area (Å²) in [5.41, 5.74) is 2.79. The number of rotatable bonds is 3. The molecular weight excluding hydrogens is 254 g/mol. The van der Waals surface area contributed by atoms with Gasteiger partial charge in [-0.15, -0.1) is 0 Å². The van der Waals surface area contributed by atoms with E-state index >= 15 is 0 Å². The van der Waals surface area contributed by atoms with Gasteiger partial charge in [-0.2, -0.15) is 0 Å². The van der Waals surface area contributed by atoms with Crippen LogP contribution < -0.4 is 5.32 Å². The number of aryl methyl sites for hydroxylation is 2. The number of carbonyl (C=O) groups is 2. The van der Waals surface area contributed by atoms with Gasteiger partial charge in [0, 0.05) is 5.69 Å². The minimum atomic E-state index is -0.907. The molecule has 0 fully saturated rings. The van der Waals surface area contributed by atoms with E-state index in [1.807, 2.05) is 44.2 Å². The molecule has 4 nitrogen and oxygen atoms in total. The Morgan fingerprint density at radius 3 is 2.45 bits per heavy atom. The zero-order chi connectivity index (χ0) is 14.7. The summed E-state index contributed by atoms with van der Waals surface area (Å²) in [6.07, 6.45) is 4.61. The molecule has 0 spiro atoms. The summed E-state index contributed by atoms with van der Waals surface area (Å²) in [6, 6.07) is 5.83. The zero-order valence-electron chi connectivity index (χ0n) is 11.7. The molecular formula is C16H19NO3. The molecule has 1 aromatic carbocycles. The van der Waals surface area contributed by atoms with Gasteiger partial charge in [0.1, 0.15) is 0 Å². The lowest BCUT2D eigenvalue weighted by molar-refractivity contribution is -0.146. The number of hydrogen-bond donors (Lipinski definition) is 2. The van der Waals surface area contributed by atoms with Crippen molar-refractivity contribution in [2.24, 2.45) is 11.8 Å². The molecule has 2 atom stereocenters. The molecule has 0 unspecified atom stereocenters. The van der Waals surface area contributed by atoms with Crippen molar-refractivity contribution in [3.8, 4) is 0 Å². The topological polar surface area (TPSA) is 66.4 Å². The van der Waals surface area contributed by atoms with Crippen LogP contribution in [0, 0.1) is 25.7 Å². The van der Waals surface area contributed by atoms with Gasteiger partial charge in [0.25, 0.3) is 0 Å². The molecule has 20 heavy (non-hydrogen) atoms. The first-order valence-corrected chi connectivity index (χ1v) is 6.75. The number of allylic oxidation sites excluding steroid dienone is 2. The Kier molecular flexibility index (Phi) is 4.23. The van der Waals surface area contributed by atoms with Crippen LogP contribution in [0.25, 0.3) is 0 Å². The molecule has 106 valence electrons. The first-order valence-electron chi connectivity index (χ1n) is 6.75. The zero-order valence-corrected chi connectivity index (χ0v) is 11.7. The second kappa shape index (κ2) is 5.90. The third-order valence-corrected chi connectivity index (χ3v) is 3.74. The number of anilines is 1. The standard InChI is InChI=1S/C16H19NO3/c1-10-7-8-11(2)14(9-10)17-15(18)12-5-3-4-6-13(12)16(19)20/h3-4,7-9,12-13H,5-6H2,1-2H3,(H,17,18)(H,19,20)/t12-,13+/m1/s1. The van der Waals surface area contributed by atoms with E-state index < -0.39 is 17.8 Å². The fourth-order valence-electron chi connectivity index (χ4n) is 2.47. The molecule has 4 heteroatoms. The number of carbonyl (C=O) groups excluding carboxylic acids is 1. The van der Waals surface area contributed by atoms with E-state index in [9.17, 15) is 14.7 Å². The van der Waals surface area contributed by atoms with Crippen molar-refractivity contribution in [3.63, 3.8) is 0 Å². The molecule has 0 heterocycles. The molecule has 0 saturated heterocycles. The van der Waals surface area contributed by atoms with Crippen LogP contribution in [-0.4, -0.2) is 17.0 Å². The van der Waals surface area contributed by atoms with E-state index in [1.54, 1.807) is 0 Å². The molecule has 2 rings (SSSR count). The molecule has 0 bridgehead atoms. The molecule has 1 amide bonds. The van der Waals surface area contributed by atoms with Crippen molar-refractivity contribution in [1.82, 2.24) is 0 Å². The monoisotopic (exact) mass is 273 g/mol. The Morgan fingerprint density at radius 2 is 1.80 bits per heavy atom. The predicted octanol–water partition coefficient (Wildman–Crippen LogP) is 2.91. The van der Waals surface area contributed by atoms with Gasteiger partial charge in [-0.05, 0) is 43.9 Å². The fraction of sp³-hybridized carbons (Fsp3) is 0.375. The number of aliphatic carboxylic acids is 1. The molecule has 0 saturated carbocycles. The highest BCUT2D eigenvalue weighted by atomic mass is 16.4. The second-order valence-electron chi connectivity index (χ2n) is 5.30. The van der Waals surface area contributed by atoms with E-state index in [0.29, 0.717) is 12.8 Å². The van der Waals surface area contributed by atoms with Gasteiger partial charge in [-0.1, -0.05) is 24.3 Å². The van der Waals surface area contributed by atoms with Gasteiger partial charge in [-0.3, -0.25) is 9.59 Å². The molecule has 0 radical (unpaired) electrons. The quantitative estimate of drug-likeness (QED) is 0.832. The minimum absolute atomic E-state index is 0.213. The van der Waals surface area contributed by atoms with Crippen molar-refractivity contribution in [2.45, 2.75) is 26.7 Å². The van der Waals surface area contributed by atoms with E-state index in [1.165, 1.54) is 0 Å². The van der Waals surface area contributed by atoms with E-state index in [0.717, 1.165) is 16.8 Å². The second-order valence-corrected chi connectivity index (χ2v) is 5.30. The van der Waals surface area contributed by atoms with Gasteiger partial charge >= 0.3 is 5.97 Å². The summed E-state index contributed by atoms with van der Waals surface area (Å²) < 4.78 is 0. The maximum atomic E-state index is 12.3. The highest BCUT2D eigenvalue weighted by Gasteiger charge is 2.34. The molecule has 1 aliphatic rings. The van der Waals surface area contributed by atoms with Crippen LogP contribution in [-0.2, 0) is 9.59 Å². The van der Waals surface area contributed by atoms with Crippen molar-refractivity contribution in [1.29, 1.82) is 0 Å². The molecule has 0 aliphatic heterocycles. The van der Waals surface area contributed by atoms with Crippen LogP contribution >= 0.6 is 0 Å². The summed E-state index contributed by atoms with van der Waals surface area (Å²) in [6.45, 7) is 3.88. The lowest BCUT2D eigenvalue weighted by Gasteiger charge is -2.24. The first kappa shape index (κ1) is 14.3. The van der Waals surface area contributed by atoms with Crippen molar-refractivity contribution < 1.29 is 14.7 Å². The highest BCUT2D eigenvalue weighted by molar-refractivity contribution is 5.96. The summed E-state index contributed by atoms with van der Waals surface area (Å²) in [7, 11) is 0. The number of hydrogen-bond acceptors (Lipinski definition) is 2. The molecule has 1 aromatic rings. The largest absolute Gasteiger partial charge is 0.481 e. The van der Waals surface area contributed by atoms with Crippen LogP contribution in [0.4, 0.5) is 5.69 Å². The predicted molar refractivity (Wildman–Crippen MR) is 77.5 cm³/mol. The van der Waals surface area contributed by atoms with Gasteiger partial charge in [0.15, 0.2) is 0 Å². The van der Waals surface area contributed by atoms with Crippen LogP contribution in [0.3, 0.4) is 0 Å². The fourth-order valence-corrected chi connectivity index (χ4v) is 2.47. The van der Waals surface area contributed by atoms with Crippen molar-refractivity contribution in [3.05, 3.63) is 41.5 Å². The number of nitrogens with one attached hydrogen (secondary N) is 1. The van der Waals surface area contributed by atoms with Crippen molar-refractivity contribution in [2.75, 3.05) is 5.32 Å². The van der Waals surface area contributed by atoms with Gasteiger partial charge in [0.2, 0.25) is 5.91 Å². The summed E-state index contributed by atoms with van der Waals surface area (Å²) in [5.74, 6) is -2.26. The van der Waals surface area contributed by atoms with E-state index in [-0.39, 0.29) is 5.91 Å². The van der Waals surface area contributed by atoms with Crippen LogP contribution in [0.1, 0.15) is 24.0 Å². The summed E-state index contributed by atoms with van der Waals surface area (Å²) in [4.78, 5) is 23.6. The Hall–Kier alpha value is -2.10. The van der Waals surface area contributed by atoms with Crippen LogP contribution in [0.15, 0.2) is 30.4 Å². The Morgan fingerprint density at radius 1 is 1.15 bits per heavy atom. The third kappa shape index (κ3) is 3.07. The Balaban J connectivity index is 2.16. The maximum absolute atomic E-state index is 12.3. The lowest BCUT2D eigenvalue weighted by Crippen LogP contribution is -2.34. The average molecular weight is 273 g/mol. The number of carboxylic acids is 1. The lowest BCUT2D eigenvalue weighted by atomic mass is 9.82. The SMILES string of the molecule is Cc1ccc(C)c(NC(=O)[C@@H]2CC=CC[C@@H]2C(=O)O)c1. The first-order chi connectivity index (χ1) is 9.49. The van der Waals surface area contributed by atoms with Gasteiger partial charge < -0.3 is 10.4 Å². The Bertz CT molecular complexity index is 563.